The monoisotopic (exact) mass is 454 g/mol. The van der Waals surface area contributed by atoms with E-state index in [4.69, 9.17) is 0 Å². The average Bonchev–Trinajstić information content (AvgIpc) is 2.72. The van der Waals surface area contributed by atoms with Crippen molar-refractivity contribution in [3.05, 3.63) is 101 Å². The van der Waals surface area contributed by atoms with Crippen molar-refractivity contribution in [1.82, 2.24) is 9.88 Å². The summed E-state index contributed by atoms with van der Waals surface area (Å²) in [5, 5.41) is 9.63. The summed E-state index contributed by atoms with van der Waals surface area (Å²) in [4.78, 5) is 36.3. The molecule has 0 fully saturated rings. The van der Waals surface area contributed by atoms with Gasteiger partial charge in [0.1, 0.15) is 0 Å². The third-order valence-corrected chi connectivity index (χ3v) is 5.94. The molecular formula is C24H27N2O5P. The standard InChI is InChI=1S/C24H27N2O5P/c1-18-3-2-4-22(13-18)23(14-24(27)28)26(16-20-9-11-25-12-10-20)15-19-5-7-21(8-6-19)17-32(29,30)31/h2-13,23H,14-17H2,1H3,(H,27,28)(H2,29,30,31). The second-order valence-corrected chi connectivity index (χ2v) is 9.57. The Kier molecular flexibility index (Phi) is 7.94. The summed E-state index contributed by atoms with van der Waals surface area (Å²) < 4.78 is 11.3. The van der Waals surface area contributed by atoms with Gasteiger partial charge in [0.15, 0.2) is 0 Å². The molecule has 0 aliphatic carbocycles. The third kappa shape index (κ3) is 7.39. The lowest BCUT2D eigenvalue weighted by Gasteiger charge is -2.32. The van der Waals surface area contributed by atoms with Gasteiger partial charge in [0.25, 0.3) is 0 Å². The molecule has 0 amide bonds. The van der Waals surface area contributed by atoms with Crippen molar-refractivity contribution < 1.29 is 24.3 Å². The van der Waals surface area contributed by atoms with E-state index in [0.29, 0.717) is 18.7 Å². The first-order valence-corrected chi connectivity index (χ1v) is 12.0. The topological polar surface area (TPSA) is 111 Å². The SMILES string of the molecule is Cc1cccc(C(CC(=O)O)N(Cc2ccncc2)Cc2ccc(CP(=O)(O)O)cc2)c1. The van der Waals surface area contributed by atoms with E-state index in [2.05, 4.69) is 9.88 Å². The molecular weight excluding hydrogens is 427 g/mol. The van der Waals surface area contributed by atoms with Gasteiger partial charge in [-0.15, -0.1) is 0 Å². The van der Waals surface area contributed by atoms with Gasteiger partial charge in [0, 0.05) is 31.5 Å². The van der Waals surface area contributed by atoms with Gasteiger partial charge in [-0.1, -0.05) is 54.1 Å². The van der Waals surface area contributed by atoms with Crippen LogP contribution in [0.2, 0.25) is 0 Å². The Morgan fingerprint density at radius 3 is 2.12 bits per heavy atom. The molecule has 1 unspecified atom stereocenters. The maximum atomic E-state index is 11.7. The molecule has 3 rings (SSSR count). The van der Waals surface area contributed by atoms with E-state index in [1.807, 2.05) is 55.5 Å². The number of benzene rings is 2. The minimum Gasteiger partial charge on any atom is -0.481 e. The molecule has 1 heterocycles. The molecule has 0 aliphatic rings. The number of pyridine rings is 1. The summed E-state index contributed by atoms with van der Waals surface area (Å²) in [7, 11) is -4.13. The fraction of sp³-hybridized carbons (Fsp3) is 0.250. The summed E-state index contributed by atoms with van der Waals surface area (Å²) in [6, 6.07) is 18.4. The van der Waals surface area contributed by atoms with Crippen molar-refractivity contribution in [2.45, 2.75) is 38.6 Å². The predicted molar refractivity (Wildman–Crippen MR) is 122 cm³/mol. The van der Waals surface area contributed by atoms with Gasteiger partial charge in [-0.05, 0) is 41.3 Å². The molecule has 0 spiro atoms. The van der Waals surface area contributed by atoms with E-state index in [-0.39, 0.29) is 18.6 Å². The third-order valence-electron chi connectivity index (χ3n) is 5.17. The molecule has 1 aromatic heterocycles. The van der Waals surface area contributed by atoms with Crippen LogP contribution in [0.5, 0.6) is 0 Å². The first kappa shape index (κ1) is 23.8. The van der Waals surface area contributed by atoms with E-state index in [1.165, 1.54) is 0 Å². The molecule has 32 heavy (non-hydrogen) atoms. The molecule has 3 N–H and O–H groups in total. The van der Waals surface area contributed by atoms with E-state index >= 15 is 0 Å². The number of carboxylic acids is 1. The van der Waals surface area contributed by atoms with E-state index in [0.717, 1.165) is 22.3 Å². The Labute approximate surface area is 187 Å². The molecule has 0 saturated carbocycles. The van der Waals surface area contributed by atoms with Crippen molar-refractivity contribution in [2.75, 3.05) is 0 Å². The highest BCUT2D eigenvalue weighted by Crippen LogP contribution is 2.39. The second-order valence-electron chi connectivity index (χ2n) is 7.93. The van der Waals surface area contributed by atoms with Crippen molar-refractivity contribution in [2.24, 2.45) is 0 Å². The van der Waals surface area contributed by atoms with Gasteiger partial charge in [0.2, 0.25) is 0 Å². The number of aliphatic carboxylic acids is 1. The number of hydrogen-bond acceptors (Lipinski definition) is 4. The number of aryl methyl sites for hydroxylation is 1. The Morgan fingerprint density at radius 2 is 1.56 bits per heavy atom. The molecule has 0 radical (unpaired) electrons. The molecule has 0 aliphatic heterocycles. The van der Waals surface area contributed by atoms with Crippen LogP contribution >= 0.6 is 7.60 Å². The average molecular weight is 454 g/mol. The Hall–Kier alpha value is -2.83. The van der Waals surface area contributed by atoms with Gasteiger partial charge in [-0.25, -0.2) is 0 Å². The van der Waals surface area contributed by atoms with Crippen LogP contribution in [0.15, 0.2) is 73.1 Å². The highest BCUT2D eigenvalue weighted by molar-refractivity contribution is 7.50. The van der Waals surface area contributed by atoms with Crippen LogP contribution in [0, 0.1) is 6.92 Å². The maximum Gasteiger partial charge on any atom is 0.329 e. The first-order chi connectivity index (χ1) is 15.2. The molecule has 168 valence electrons. The van der Waals surface area contributed by atoms with Crippen LogP contribution in [0.1, 0.15) is 40.3 Å². The van der Waals surface area contributed by atoms with Crippen LogP contribution < -0.4 is 0 Å². The Bertz CT molecular complexity index is 1080. The number of carbonyl (C=O) groups is 1. The molecule has 0 bridgehead atoms. The fourth-order valence-corrected chi connectivity index (χ4v) is 4.41. The fourth-order valence-electron chi connectivity index (χ4n) is 3.72. The van der Waals surface area contributed by atoms with Gasteiger partial charge in [0.05, 0.1) is 12.6 Å². The number of nitrogens with zero attached hydrogens (tertiary/aromatic N) is 2. The lowest BCUT2D eigenvalue weighted by atomic mass is 9.98. The second kappa shape index (κ2) is 10.7. The zero-order valence-corrected chi connectivity index (χ0v) is 18.7. The molecule has 2 aromatic carbocycles. The minimum absolute atomic E-state index is 0.0508. The number of aromatic nitrogens is 1. The van der Waals surface area contributed by atoms with Gasteiger partial charge in [-0.2, -0.15) is 0 Å². The highest BCUT2D eigenvalue weighted by Gasteiger charge is 2.24. The quantitative estimate of drug-likeness (QED) is 0.392. The molecule has 3 aromatic rings. The van der Waals surface area contributed by atoms with E-state index in [9.17, 15) is 24.3 Å². The zero-order chi connectivity index (χ0) is 23.1. The van der Waals surface area contributed by atoms with Crippen LogP contribution in [-0.4, -0.2) is 30.7 Å². The minimum atomic E-state index is -4.13. The predicted octanol–water partition coefficient (Wildman–Crippen LogP) is 4.29. The molecule has 7 nitrogen and oxygen atoms in total. The summed E-state index contributed by atoms with van der Waals surface area (Å²) in [6.07, 6.45) is 3.07. The largest absolute Gasteiger partial charge is 0.481 e. The molecule has 8 heteroatoms. The summed E-state index contributed by atoms with van der Waals surface area (Å²) in [5.74, 6) is -0.881. The molecule has 1 atom stereocenters. The number of rotatable bonds is 10. The Morgan fingerprint density at radius 1 is 0.969 bits per heavy atom. The van der Waals surface area contributed by atoms with Crippen LogP contribution in [0.3, 0.4) is 0 Å². The van der Waals surface area contributed by atoms with E-state index in [1.54, 1.807) is 24.5 Å². The van der Waals surface area contributed by atoms with Gasteiger partial charge >= 0.3 is 13.6 Å². The van der Waals surface area contributed by atoms with Crippen molar-refractivity contribution in [3.63, 3.8) is 0 Å². The van der Waals surface area contributed by atoms with Crippen molar-refractivity contribution in [3.8, 4) is 0 Å². The van der Waals surface area contributed by atoms with Gasteiger partial charge < -0.3 is 14.9 Å². The lowest BCUT2D eigenvalue weighted by molar-refractivity contribution is -0.138. The van der Waals surface area contributed by atoms with Crippen LogP contribution in [-0.2, 0) is 28.6 Å². The number of hydrogen-bond donors (Lipinski definition) is 3. The number of carboxylic acid groups (broad SMARTS) is 1. The smallest absolute Gasteiger partial charge is 0.329 e. The van der Waals surface area contributed by atoms with Crippen LogP contribution in [0.25, 0.3) is 0 Å². The summed E-state index contributed by atoms with van der Waals surface area (Å²) in [5.41, 5.74) is 4.49. The van der Waals surface area contributed by atoms with Gasteiger partial charge in [-0.3, -0.25) is 19.2 Å². The normalized spacial score (nSPS) is 12.6. The van der Waals surface area contributed by atoms with E-state index < -0.39 is 13.6 Å². The first-order valence-electron chi connectivity index (χ1n) is 10.2. The summed E-state index contributed by atoms with van der Waals surface area (Å²) >= 11 is 0. The summed E-state index contributed by atoms with van der Waals surface area (Å²) in [6.45, 7) is 2.98. The zero-order valence-electron chi connectivity index (χ0n) is 17.8. The Balaban J connectivity index is 1.92. The van der Waals surface area contributed by atoms with Crippen molar-refractivity contribution in [1.29, 1.82) is 0 Å². The maximum absolute atomic E-state index is 11.7. The highest BCUT2D eigenvalue weighted by atomic mass is 31.2. The molecule has 0 saturated heterocycles. The van der Waals surface area contributed by atoms with Crippen LogP contribution in [0.4, 0.5) is 0 Å². The lowest BCUT2D eigenvalue weighted by Crippen LogP contribution is -2.30. The van der Waals surface area contributed by atoms with Crippen molar-refractivity contribution >= 4 is 13.6 Å².